The fraction of sp³-hybridized carbons (Fsp3) is 0.350. The minimum absolute atomic E-state index is 0.0717. The fourth-order valence-corrected chi connectivity index (χ4v) is 3.62. The van der Waals surface area contributed by atoms with Gasteiger partial charge in [0.2, 0.25) is 5.75 Å². The minimum atomic E-state index is -0.769. The van der Waals surface area contributed by atoms with E-state index in [9.17, 15) is 4.79 Å². The number of epoxide rings is 1. The first-order valence-electron chi connectivity index (χ1n) is 8.51. The van der Waals surface area contributed by atoms with Gasteiger partial charge in [0, 0.05) is 12.1 Å². The SMILES string of the molecule is COc1ccc([C@@H]2N(c3cc(OC)c(OC)c(OC)c3)C(=O)[C@]23CO3)cc1. The predicted octanol–water partition coefficient (Wildman–Crippen LogP) is 2.58. The highest BCUT2D eigenvalue weighted by atomic mass is 16.6. The summed E-state index contributed by atoms with van der Waals surface area (Å²) in [5, 5.41) is 0. The van der Waals surface area contributed by atoms with Crippen LogP contribution in [0.2, 0.25) is 0 Å². The first-order chi connectivity index (χ1) is 13.1. The molecule has 1 amide bonds. The molecule has 1 spiro atoms. The smallest absolute Gasteiger partial charge is 0.264 e. The van der Waals surface area contributed by atoms with E-state index in [0.29, 0.717) is 29.5 Å². The molecule has 27 heavy (non-hydrogen) atoms. The lowest BCUT2D eigenvalue weighted by Gasteiger charge is -2.46. The van der Waals surface area contributed by atoms with E-state index in [1.165, 1.54) is 0 Å². The van der Waals surface area contributed by atoms with Crippen molar-refractivity contribution in [2.24, 2.45) is 0 Å². The Bertz CT molecular complexity index is 850. The van der Waals surface area contributed by atoms with Crippen molar-refractivity contribution in [1.82, 2.24) is 0 Å². The molecule has 0 aromatic heterocycles. The van der Waals surface area contributed by atoms with Crippen molar-refractivity contribution in [3.8, 4) is 23.0 Å². The molecule has 0 aliphatic carbocycles. The van der Waals surface area contributed by atoms with Crippen molar-refractivity contribution in [1.29, 1.82) is 0 Å². The van der Waals surface area contributed by atoms with Crippen LogP contribution in [0.4, 0.5) is 5.69 Å². The van der Waals surface area contributed by atoms with Gasteiger partial charge in [-0.2, -0.15) is 0 Å². The quantitative estimate of drug-likeness (QED) is 0.574. The van der Waals surface area contributed by atoms with E-state index in [2.05, 4.69) is 0 Å². The number of methoxy groups -OCH3 is 4. The largest absolute Gasteiger partial charge is 0.497 e. The predicted molar refractivity (Wildman–Crippen MR) is 98.0 cm³/mol. The summed E-state index contributed by atoms with van der Waals surface area (Å²) in [6.45, 7) is 0.420. The number of benzene rings is 2. The second-order valence-electron chi connectivity index (χ2n) is 6.41. The molecule has 2 aromatic rings. The second-order valence-corrected chi connectivity index (χ2v) is 6.41. The van der Waals surface area contributed by atoms with Crippen molar-refractivity contribution in [3.05, 3.63) is 42.0 Å². The van der Waals surface area contributed by atoms with E-state index in [4.69, 9.17) is 23.7 Å². The molecule has 2 atom stereocenters. The molecule has 0 saturated carbocycles. The number of amides is 1. The van der Waals surface area contributed by atoms with Gasteiger partial charge < -0.3 is 23.7 Å². The number of carbonyl (C=O) groups excluding carboxylic acids is 1. The van der Waals surface area contributed by atoms with E-state index < -0.39 is 5.60 Å². The summed E-state index contributed by atoms with van der Waals surface area (Å²) in [4.78, 5) is 14.6. The standard InChI is InChI=1S/C20H21NO6/c1-23-14-7-5-12(6-8-14)18-20(11-27-20)19(22)21(18)13-9-15(24-2)17(26-4)16(10-13)25-3/h5-10,18H,11H2,1-4H3/t18-,20-/m0/s1. The molecule has 2 aliphatic heterocycles. The summed E-state index contributed by atoms with van der Waals surface area (Å²) < 4.78 is 27.0. The summed E-state index contributed by atoms with van der Waals surface area (Å²) in [6, 6.07) is 11.0. The third kappa shape index (κ3) is 2.49. The molecule has 0 unspecified atom stereocenters. The highest BCUT2D eigenvalue weighted by Crippen LogP contribution is 2.56. The van der Waals surface area contributed by atoms with Gasteiger partial charge in [-0.3, -0.25) is 9.69 Å². The van der Waals surface area contributed by atoms with Crippen LogP contribution in [0.15, 0.2) is 36.4 Å². The van der Waals surface area contributed by atoms with Gasteiger partial charge in [0.15, 0.2) is 17.1 Å². The van der Waals surface area contributed by atoms with Crippen molar-refractivity contribution < 1.29 is 28.5 Å². The van der Waals surface area contributed by atoms with Crippen LogP contribution in [0.1, 0.15) is 11.6 Å². The van der Waals surface area contributed by atoms with E-state index >= 15 is 0 Å². The van der Waals surface area contributed by atoms with Gasteiger partial charge in [0.1, 0.15) is 11.8 Å². The van der Waals surface area contributed by atoms with Crippen molar-refractivity contribution in [2.45, 2.75) is 11.6 Å². The average Bonchev–Trinajstić information content (AvgIpc) is 3.53. The molecule has 7 nitrogen and oxygen atoms in total. The average molecular weight is 371 g/mol. The minimum Gasteiger partial charge on any atom is -0.497 e. The maximum atomic E-state index is 12.9. The fourth-order valence-electron chi connectivity index (χ4n) is 3.62. The first kappa shape index (κ1) is 17.5. The van der Waals surface area contributed by atoms with Gasteiger partial charge in [0.25, 0.3) is 5.91 Å². The van der Waals surface area contributed by atoms with Gasteiger partial charge >= 0.3 is 0 Å². The van der Waals surface area contributed by atoms with E-state index in [1.807, 2.05) is 24.3 Å². The Balaban J connectivity index is 1.76. The first-order valence-corrected chi connectivity index (χ1v) is 8.51. The highest BCUT2D eigenvalue weighted by molar-refractivity contribution is 6.10. The Kier molecular flexibility index (Phi) is 4.11. The number of rotatable bonds is 6. The number of carbonyl (C=O) groups is 1. The monoisotopic (exact) mass is 371 g/mol. The van der Waals surface area contributed by atoms with Crippen molar-refractivity contribution in [2.75, 3.05) is 39.9 Å². The lowest BCUT2D eigenvalue weighted by molar-refractivity contribution is -0.132. The van der Waals surface area contributed by atoms with E-state index in [-0.39, 0.29) is 11.9 Å². The van der Waals surface area contributed by atoms with Crippen LogP contribution in [0.3, 0.4) is 0 Å². The molecule has 2 fully saturated rings. The van der Waals surface area contributed by atoms with E-state index in [0.717, 1.165) is 11.3 Å². The number of β-lactam (4-membered cyclic amide) rings is 1. The van der Waals surface area contributed by atoms with Crippen LogP contribution in [0, 0.1) is 0 Å². The number of anilines is 1. The summed E-state index contributed by atoms with van der Waals surface area (Å²) in [6.07, 6.45) is 0. The Hall–Kier alpha value is -2.93. The maximum Gasteiger partial charge on any atom is 0.264 e. The normalized spacial score (nSPS) is 23.0. The summed E-state index contributed by atoms with van der Waals surface area (Å²) in [7, 11) is 6.26. The van der Waals surface area contributed by atoms with Gasteiger partial charge in [0.05, 0.1) is 40.7 Å². The molecule has 4 rings (SSSR count). The summed E-state index contributed by atoms with van der Waals surface area (Å²) in [5.41, 5.74) is 0.868. The second kappa shape index (κ2) is 6.35. The van der Waals surface area contributed by atoms with Gasteiger partial charge in [-0.15, -0.1) is 0 Å². The van der Waals surface area contributed by atoms with Crippen LogP contribution in [0.25, 0.3) is 0 Å². The number of hydrogen-bond acceptors (Lipinski definition) is 6. The lowest BCUT2D eigenvalue weighted by atomic mass is 9.82. The molecule has 0 N–H and O–H groups in total. The topological polar surface area (TPSA) is 69.8 Å². The van der Waals surface area contributed by atoms with Crippen LogP contribution < -0.4 is 23.8 Å². The molecule has 2 heterocycles. The molecule has 2 aromatic carbocycles. The summed E-state index contributed by atoms with van der Waals surface area (Å²) >= 11 is 0. The zero-order valence-corrected chi connectivity index (χ0v) is 15.6. The lowest BCUT2D eigenvalue weighted by Crippen LogP contribution is -2.62. The molecule has 142 valence electrons. The third-order valence-electron chi connectivity index (χ3n) is 5.10. The van der Waals surface area contributed by atoms with Crippen molar-refractivity contribution >= 4 is 11.6 Å². The van der Waals surface area contributed by atoms with Gasteiger partial charge in [-0.05, 0) is 17.7 Å². The van der Waals surface area contributed by atoms with Crippen LogP contribution in [0.5, 0.6) is 23.0 Å². The Labute approximate surface area is 157 Å². The van der Waals surface area contributed by atoms with Gasteiger partial charge in [-0.1, -0.05) is 12.1 Å². The summed E-state index contributed by atoms with van der Waals surface area (Å²) in [5.74, 6) is 2.15. The molecule has 0 bridgehead atoms. The van der Waals surface area contributed by atoms with Crippen LogP contribution >= 0.6 is 0 Å². The highest BCUT2D eigenvalue weighted by Gasteiger charge is 2.71. The molecule has 7 heteroatoms. The molecule has 0 radical (unpaired) electrons. The number of ether oxygens (including phenoxy) is 5. The molecular formula is C20H21NO6. The zero-order chi connectivity index (χ0) is 19.2. The van der Waals surface area contributed by atoms with Crippen LogP contribution in [-0.4, -0.2) is 46.6 Å². The van der Waals surface area contributed by atoms with Gasteiger partial charge in [-0.25, -0.2) is 0 Å². The molecule has 2 aliphatic rings. The Morgan fingerprint density at radius 3 is 2.00 bits per heavy atom. The Morgan fingerprint density at radius 1 is 0.963 bits per heavy atom. The van der Waals surface area contributed by atoms with E-state index in [1.54, 1.807) is 45.5 Å². The number of hydrogen-bond donors (Lipinski definition) is 0. The van der Waals surface area contributed by atoms with Crippen LogP contribution in [-0.2, 0) is 9.53 Å². The number of nitrogens with zero attached hydrogens (tertiary/aromatic N) is 1. The Morgan fingerprint density at radius 2 is 1.56 bits per heavy atom. The van der Waals surface area contributed by atoms with Crippen molar-refractivity contribution in [3.63, 3.8) is 0 Å². The third-order valence-corrected chi connectivity index (χ3v) is 5.10. The zero-order valence-electron chi connectivity index (χ0n) is 15.6. The maximum absolute atomic E-state index is 12.9. The molecular weight excluding hydrogens is 350 g/mol. The molecule has 2 saturated heterocycles.